The largest absolute Gasteiger partial charge is 0.348 e. The molecule has 0 saturated heterocycles. The lowest BCUT2D eigenvalue weighted by Gasteiger charge is -2.21. The zero-order valence-electron chi connectivity index (χ0n) is 12.3. The first-order chi connectivity index (χ1) is 9.30. The predicted octanol–water partition coefficient (Wildman–Crippen LogP) is 3.89. The summed E-state index contributed by atoms with van der Waals surface area (Å²) in [6, 6.07) is 0. The summed E-state index contributed by atoms with van der Waals surface area (Å²) in [7, 11) is 0. The number of rotatable bonds is 9. The quantitative estimate of drug-likeness (QED) is 0.747. The fourth-order valence-electron chi connectivity index (χ4n) is 2.31. The van der Waals surface area contributed by atoms with Crippen molar-refractivity contribution in [2.45, 2.75) is 64.8 Å². The molecule has 1 aromatic heterocycles. The lowest BCUT2D eigenvalue weighted by Crippen LogP contribution is -2.25. The van der Waals surface area contributed by atoms with Gasteiger partial charge in [0, 0.05) is 30.4 Å². The number of hydrogen-bond donors (Lipinski definition) is 1. The summed E-state index contributed by atoms with van der Waals surface area (Å²) in [4.78, 5) is 8.70. The number of nitrogens with zero attached hydrogens (tertiary/aromatic N) is 2. The fraction of sp³-hybridized carbons (Fsp3) is 0.800. The van der Waals surface area contributed by atoms with E-state index in [4.69, 9.17) is 10.7 Å². The van der Waals surface area contributed by atoms with Gasteiger partial charge < -0.3 is 10.6 Å². The normalized spacial score (nSPS) is 14.9. The van der Waals surface area contributed by atoms with Crippen molar-refractivity contribution in [2.75, 3.05) is 18.0 Å². The maximum absolute atomic E-state index is 5.88. The number of hydrogen-bond acceptors (Lipinski definition) is 4. The maximum Gasteiger partial charge on any atom is 0.185 e. The van der Waals surface area contributed by atoms with Crippen LogP contribution in [0.1, 0.15) is 68.9 Å². The minimum Gasteiger partial charge on any atom is -0.348 e. The predicted molar refractivity (Wildman–Crippen MR) is 84.0 cm³/mol. The Balaban J connectivity index is 2.10. The van der Waals surface area contributed by atoms with Gasteiger partial charge >= 0.3 is 0 Å². The second-order valence-corrected chi connectivity index (χ2v) is 6.54. The molecule has 19 heavy (non-hydrogen) atoms. The van der Waals surface area contributed by atoms with Crippen LogP contribution in [0.3, 0.4) is 0 Å². The highest BCUT2D eigenvalue weighted by molar-refractivity contribution is 7.15. The summed E-state index contributed by atoms with van der Waals surface area (Å²) in [5, 5.41) is 1.21. The van der Waals surface area contributed by atoms with Crippen molar-refractivity contribution < 1.29 is 0 Å². The average molecular weight is 281 g/mol. The molecule has 1 aliphatic carbocycles. The van der Waals surface area contributed by atoms with Crippen molar-refractivity contribution in [3.8, 4) is 0 Å². The molecule has 1 heterocycles. The molecule has 1 aliphatic rings. The monoisotopic (exact) mass is 281 g/mol. The molecule has 1 fully saturated rings. The molecule has 0 bridgehead atoms. The van der Waals surface area contributed by atoms with Crippen LogP contribution < -0.4 is 10.6 Å². The highest BCUT2D eigenvalue weighted by Crippen LogP contribution is 2.44. The van der Waals surface area contributed by atoms with E-state index in [1.807, 2.05) is 11.3 Å². The molecule has 0 aliphatic heterocycles. The van der Waals surface area contributed by atoms with Crippen LogP contribution in [0.25, 0.3) is 0 Å². The van der Waals surface area contributed by atoms with Gasteiger partial charge in [0.05, 0.1) is 5.69 Å². The number of aromatic nitrogens is 1. The third kappa shape index (κ3) is 3.93. The van der Waals surface area contributed by atoms with E-state index in [0.29, 0.717) is 12.5 Å². The Hall–Kier alpha value is -0.610. The van der Waals surface area contributed by atoms with Gasteiger partial charge in [0.25, 0.3) is 0 Å². The second-order valence-electron chi connectivity index (χ2n) is 5.48. The Morgan fingerprint density at radius 1 is 1.21 bits per heavy atom. The van der Waals surface area contributed by atoms with Gasteiger partial charge in [0.15, 0.2) is 5.13 Å². The van der Waals surface area contributed by atoms with E-state index in [0.717, 1.165) is 13.1 Å². The number of thiazole rings is 1. The Kier molecular flexibility index (Phi) is 5.64. The zero-order valence-corrected chi connectivity index (χ0v) is 13.1. The van der Waals surface area contributed by atoms with Gasteiger partial charge in [-0.2, -0.15) is 0 Å². The molecule has 1 saturated carbocycles. The van der Waals surface area contributed by atoms with Crippen LogP contribution >= 0.6 is 11.3 Å². The minimum absolute atomic E-state index is 0.652. The van der Waals surface area contributed by atoms with Crippen molar-refractivity contribution in [1.82, 2.24) is 4.98 Å². The Morgan fingerprint density at radius 3 is 2.32 bits per heavy atom. The molecule has 2 N–H and O–H groups in total. The topological polar surface area (TPSA) is 42.2 Å². The first-order valence-corrected chi connectivity index (χ1v) is 8.56. The zero-order chi connectivity index (χ0) is 13.7. The fourth-order valence-corrected chi connectivity index (χ4v) is 3.39. The van der Waals surface area contributed by atoms with E-state index in [9.17, 15) is 0 Å². The summed E-state index contributed by atoms with van der Waals surface area (Å²) < 4.78 is 0. The van der Waals surface area contributed by atoms with Crippen molar-refractivity contribution in [3.63, 3.8) is 0 Å². The number of anilines is 1. The molecule has 0 atom stereocenters. The molecule has 0 amide bonds. The van der Waals surface area contributed by atoms with E-state index in [1.54, 1.807) is 0 Å². The molecule has 1 aromatic rings. The number of unbranched alkanes of at least 4 members (excludes halogenated alkanes) is 2. The molecule has 0 radical (unpaired) electrons. The summed E-state index contributed by atoms with van der Waals surface area (Å²) in [6.07, 6.45) is 7.60. The SMILES string of the molecule is CCCCN(CCCC)c1nc(C2CC2)c(CN)s1. The van der Waals surface area contributed by atoms with Crippen molar-refractivity contribution >= 4 is 16.5 Å². The van der Waals surface area contributed by atoms with Gasteiger partial charge in [-0.25, -0.2) is 4.98 Å². The van der Waals surface area contributed by atoms with E-state index >= 15 is 0 Å². The number of nitrogens with two attached hydrogens (primary N) is 1. The second kappa shape index (κ2) is 7.25. The lowest BCUT2D eigenvalue weighted by atomic mass is 10.2. The highest BCUT2D eigenvalue weighted by atomic mass is 32.1. The lowest BCUT2D eigenvalue weighted by molar-refractivity contribution is 0.675. The molecule has 4 heteroatoms. The van der Waals surface area contributed by atoms with Gasteiger partial charge in [-0.3, -0.25) is 0 Å². The van der Waals surface area contributed by atoms with Crippen molar-refractivity contribution in [1.29, 1.82) is 0 Å². The standard InChI is InChI=1S/C15H27N3S/c1-3-5-9-18(10-6-4-2)15-17-14(12-7-8-12)13(11-16)19-15/h12H,3-11,16H2,1-2H3. The summed E-state index contributed by atoms with van der Waals surface area (Å²) in [5.41, 5.74) is 7.19. The van der Waals surface area contributed by atoms with E-state index in [-0.39, 0.29) is 0 Å². The van der Waals surface area contributed by atoms with Crippen LogP contribution in [0.2, 0.25) is 0 Å². The van der Waals surface area contributed by atoms with E-state index in [2.05, 4.69) is 18.7 Å². The van der Waals surface area contributed by atoms with Crippen LogP contribution in [0.4, 0.5) is 5.13 Å². The molecule has 0 spiro atoms. The molecular formula is C15H27N3S. The molecule has 0 aromatic carbocycles. The maximum atomic E-state index is 5.88. The molecular weight excluding hydrogens is 254 g/mol. The first-order valence-electron chi connectivity index (χ1n) is 7.74. The average Bonchev–Trinajstić information content (AvgIpc) is 3.19. The summed E-state index contributed by atoms with van der Waals surface area (Å²) in [6.45, 7) is 7.43. The van der Waals surface area contributed by atoms with Crippen LogP contribution in [-0.2, 0) is 6.54 Å². The molecule has 108 valence electrons. The third-order valence-corrected chi connectivity index (χ3v) is 4.85. The van der Waals surface area contributed by atoms with Gasteiger partial charge in [0.1, 0.15) is 0 Å². The molecule has 0 unspecified atom stereocenters. The van der Waals surface area contributed by atoms with Crippen molar-refractivity contribution in [2.24, 2.45) is 5.73 Å². The van der Waals surface area contributed by atoms with Crippen LogP contribution in [0, 0.1) is 0 Å². The molecule has 3 nitrogen and oxygen atoms in total. The highest BCUT2D eigenvalue weighted by Gasteiger charge is 2.30. The van der Waals surface area contributed by atoms with E-state index in [1.165, 1.54) is 54.2 Å². The van der Waals surface area contributed by atoms with Gasteiger partial charge in [0.2, 0.25) is 0 Å². The van der Waals surface area contributed by atoms with Crippen LogP contribution in [-0.4, -0.2) is 18.1 Å². The van der Waals surface area contributed by atoms with Gasteiger partial charge in [-0.1, -0.05) is 26.7 Å². The van der Waals surface area contributed by atoms with Gasteiger partial charge in [-0.05, 0) is 25.7 Å². The Morgan fingerprint density at radius 2 is 1.84 bits per heavy atom. The van der Waals surface area contributed by atoms with Crippen molar-refractivity contribution in [3.05, 3.63) is 10.6 Å². The Labute approximate surface area is 121 Å². The summed E-state index contributed by atoms with van der Waals surface area (Å²) in [5.74, 6) is 0.711. The first kappa shape index (κ1) is 14.8. The Bertz CT molecular complexity index is 377. The van der Waals surface area contributed by atoms with Crippen LogP contribution in [0.5, 0.6) is 0 Å². The smallest absolute Gasteiger partial charge is 0.185 e. The summed E-state index contributed by atoms with van der Waals surface area (Å²) >= 11 is 1.83. The minimum atomic E-state index is 0.652. The van der Waals surface area contributed by atoms with E-state index < -0.39 is 0 Å². The third-order valence-electron chi connectivity index (χ3n) is 3.70. The van der Waals surface area contributed by atoms with Crippen LogP contribution in [0.15, 0.2) is 0 Å². The molecule has 2 rings (SSSR count). The van der Waals surface area contributed by atoms with Gasteiger partial charge in [-0.15, -0.1) is 11.3 Å².